The van der Waals surface area contributed by atoms with Gasteiger partial charge in [-0.2, -0.15) is 0 Å². The van der Waals surface area contributed by atoms with Crippen LogP contribution >= 0.6 is 0 Å². The molecular weight excluding hydrogens is 246 g/mol. The van der Waals surface area contributed by atoms with Crippen LogP contribution in [0.25, 0.3) is 0 Å². The van der Waals surface area contributed by atoms with Crippen LogP contribution in [0.3, 0.4) is 0 Å². The summed E-state index contributed by atoms with van der Waals surface area (Å²) in [7, 11) is 0. The van der Waals surface area contributed by atoms with Crippen molar-refractivity contribution in [3.63, 3.8) is 0 Å². The van der Waals surface area contributed by atoms with Crippen molar-refractivity contribution in [1.82, 2.24) is 0 Å². The van der Waals surface area contributed by atoms with Gasteiger partial charge in [0.15, 0.2) is 0 Å². The second-order valence-electron chi connectivity index (χ2n) is 6.18. The summed E-state index contributed by atoms with van der Waals surface area (Å²) in [5.41, 5.74) is 10.8. The third kappa shape index (κ3) is 3.65. The first kappa shape index (κ1) is 18.2. The van der Waals surface area contributed by atoms with Gasteiger partial charge in [-0.25, -0.2) is 0 Å². The average molecular weight is 270 g/mol. The van der Waals surface area contributed by atoms with Gasteiger partial charge in [-0.3, -0.25) is 0 Å². The van der Waals surface area contributed by atoms with Gasteiger partial charge in [-0.1, -0.05) is 57.6 Å². The molecule has 0 fully saturated rings. The summed E-state index contributed by atoms with van der Waals surface area (Å²) in [6.45, 7) is 17.8. The van der Waals surface area contributed by atoms with Crippen molar-refractivity contribution in [2.24, 2.45) is 0 Å². The van der Waals surface area contributed by atoms with Gasteiger partial charge in [0.1, 0.15) is 0 Å². The molecule has 0 bridgehead atoms. The second kappa shape index (κ2) is 6.91. The summed E-state index contributed by atoms with van der Waals surface area (Å²) in [5, 5.41) is 0. The Morgan fingerprint density at radius 1 is 0.619 bits per heavy atom. The first-order valence-electron chi connectivity index (χ1n) is 7.29. The number of aryl methyl sites for hydroxylation is 6. The van der Waals surface area contributed by atoms with Crippen molar-refractivity contribution in [2.75, 3.05) is 0 Å². The van der Waals surface area contributed by atoms with E-state index < -0.39 is 0 Å². The molecule has 0 amide bonds. The van der Waals surface area contributed by atoms with E-state index in [4.69, 9.17) is 0 Å². The molecule has 2 rings (SSSR count). The molecular formula is C19H24BLi. The molecule has 0 atom stereocenters. The molecule has 2 aromatic carbocycles. The summed E-state index contributed by atoms with van der Waals surface area (Å²) in [6.07, 6.45) is 0. The molecule has 2 aromatic rings. The molecule has 0 nitrogen and oxygen atoms in total. The molecule has 0 spiro atoms. The quantitative estimate of drug-likeness (QED) is 0.551. The summed E-state index contributed by atoms with van der Waals surface area (Å²) >= 11 is 0. The molecule has 0 aliphatic rings. The van der Waals surface area contributed by atoms with Crippen LogP contribution in [0.5, 0.6) is 0 Å². The smallest absolute Gasteiger partial charge is 0.355 e. The van der Waals surface area contributed by atoms with E-state index >= 15 is 0 Å². The summed E-state index contributed by atoms with van der Waals surface area (Å²) < 4.78 is 0. The van der Waals surface area contributed by atoms with Crippen LogP contribution in [-0.4, -0.2) is 6.71 Å². The summed E-state index contributed by atoms with van der Waals surface area (Å²) in [5.74, 6) is 0. The molecule has 0 saturated heterocycles. The third-order valence-electron chi connectivity index (χ3n) is 4.17. The summed E-state index contributed by atoms with van der Waals surface area (Å²) in [4.78, 5) is 0. The topological polar surface area (TPSA) is 0 Å². The Bertz CT molecular complexity index is 555. The zero-order valence-electron chi connectivity index (χ0n) is 14.6. The first-order chi connectivity index (χ1) is 9.31. The Hall–Kier alpha value is -0.898. The second-order valence-corrected chi connectivity index (χ2v) is 6.18. The molecule has 0 radical (unpaired) electrons. The van der Waals surface area contributed by atoms with Crippen LogP contribution in [0.15, 0.2) is 24.3 Å². The molecule has 0 aliphatic carbocycles. The summed E-state index contributed by atoms with van der Waals surface area (Å²) in [6, 6.07) is 9.05. The Balaban J connectivity index is 0.00000220. The minimum atomic E-state index is 0. The normalized spacial score (nSPS) is 10.2. The predicted octanol–water partition coefficient (Wildman–Crippen LogP) is 0.523. The Labute approximate surface area is 142 Å². The van der Waals surface area contributed by atoms with E-state index in [1.165, 1.54) is 44.3 Å². The third-order valence-corrected chi connectivity index (χ3v) is 4.17. The van der Waals surface area contributed by atoms with Crippen molar-refractivity contribution < 1.29 is 18.9 Å². The maximum absolute atomic E-state index is 4.48. The molecule has 21 heavy (non-hydrogen) atoms. The Morgan fingerprint density at radius 3 is 1.10 bits per heavy atom. The predicted molar refractivity (Wildman–Crippen MR) is 91.7 cm³/mol. The van der Waals surface area contributed by atoms with E-state index in [0.717, 1.165) is 0 Å². The fourth-order valence-electron chi connectivity index (χ4n) is 3.63. The van der Waals surface area contributed by atoms with Gasteiger partial charge in [0.25, 0.3) is 0 Å². The van der Waals surface area contributed by atoms with Crippen molar-refractivity contribution in [1.29, 1.82) is 0 Å². The van der Waals surface area contributed by atoms with Crippen LogP contribution in [0.2, 0.25) is 0 Å². The van der Waals surface area contributed by atoms with Gasteiger partial charge in [0, 0.05) is 6.71 Å². The van der Waals surface area contributed by atoms with E-state index in [0.29, 0.717) is 0 Å². The van der Waals surface area contributed by atoms with Gasteiger partial charge >= 0.3 is 18.9 Å². The SMILES string of the molecule is [CH2-]B(c1c(C)cc(C)cc1C)c1c(C)cc(C)cc1C.[Li+]. The number of hydrogen-bond acceptors (Lipinski definition) is 0. The van der Waals surface area contributed by atoms with Gasteiger partial charge in [0.2, 0.25) is 0 Å². The average Bonchev–Trinajstić information content (AvgIpc) is 2.25. The van der Waals surface area contributed by atoms with Crippen LogP contribution in [0.4, 0.5) is 0 Å². The molecule has 0 aliphatic heterocycles. The van der Waals surface area contributed by atoms with Crippen LogP contribution < -0.4 is 29.8 Å². The molecule has 2 heteroatoms. The van der Waals surface area contributed by atoms with E-state index in [-0.39, 0.29) is 25.6 Å². The first-order valence-corrected chi connectivity index (χ1v) is 7.29. The maximum Gasteiger partial charge on any atom is 1.00 e. The molecule has 0 unspecified atom stereocenters. The zero-order chi connectivity index (χ0) is 15.0. The maximum atomic E-state index is 4.48. The number of hydrogen-bond donors (Lipinski definition) is 0. The molecule has 104 valence electrons. The molecule has 0 aromatic heterocycles. The number of rotatable bonds is 2. The van der Waals surface area contributed by atoms with Crippen LogP contribution in [0.1, 0.15) is 33.4 Å². The van der Waals surface area contributed by atoms with Crippen LogP contribution in [-0.2, 0) is 0 Å². The van der Waals surface area contributed by atoms with E-state index in [1.54, 1.807) is 0 Å². The molecule has 0 saturated carbocycles. The minimum absolute atomic E-state index is 0. The van der Waals surface area contributed by atoms with Gasteiger partial charge in [0.05, 0.1) is 0 Å². The van der Waals surface area contributed by atoms with Crippen molar-refractivity contribution >= 4 is 17.6 Å². The van der Waals surface area contributed by atoms with Gasteiger partial charge in [-0.15, -0.1) is 10.9 Å². The Morgan fingerprint density at radius 2 is 0.857 bits per heavy atom. The van der Waals surface area contributed by atoms with E-state index in [9.17, 15) is 0 Å². The molecule has 0 heterocycles. The minimum Gasteiger partial charge on any atom is -0.355 e. The zero-order valence-corrected chi connectivity index (χ0v) is 14.6. The van der Waals surface area contributed by atoms with Crippen molar-refractivity contribution in [3.05, 3.63) is 64.5 Å². The Kier molecular flexibility index (Phi) is 5.97. The van der Waals surface area contributed by atoms with Crippen molar-refractivity contribution in [3.8, 4) is 0 Å². The van der Waals surface area contributed by atoms with E-state index in [1.807, 2.05) is 0 Å². The molecule has 0 N–H and O–H groups in total. The number of benzene rings is 2. The van der Waals surface area contributed by atoms with E-state index in [2.05, 4.69) is 72.6 Å². The van der Waals surface area contributed by atoms with Gasteiger partial charge < -0.3 is 6.82 Å². The standard InChI is InChI=1S/C19H24B.Li/c1-12-8-14(3)18(15(4)9-12)20(7)19-16(5)10-13(2)11-17(19)6;/h8-11H,7H2,1-6H3;/q-1;+1. The van der Waals surface area contributed by atoms with Gasteiger partial charge in [-0.05, 0) is 41.5 Å². The monoisotopic (exact) mass is 270 g/mol. The largest absolute Gasteiger partial charge is 1.00 e. The van der Waals surface area contributed by atoms with Crippen LogP contribution in [0, 0.1) is 48.4 Å². The fourth-order valence-corrected chi connectivity index (χ4v) is 3.63. The fraction of sp³-hybridized carbons (Fsp3) is 0.316. The van der Waals surface area contributed by atoms with Crippen molar-refractivity contribution in [2.45, 2.75) is 41.5 Å².